The second-order valence-electron chi connectivity index (χ2n) is 4.92. The van der Waals surface area contributed by atoms with Gasteiger partial charge in [-0.05, 0) is 26.3 Å². The van der Waals surface area contributed by atoms with Crippen molar-refractivity contribution in [3.8, 4) is 0 Å². The molecule has 3 N–H and O–H groups in total. The molecule has 0 spiro atoms. The first kappa shape index (κ1) is 17.7. The summed E-state index contributed by atoms with van der Waals surface area (Å²) in [6, 6.07) is 6.96. The van der Waals surface area contributed by atoms with Crippen LogP contribution in [0.4, 0.5) is 11.4 Å². The van der Waals surface area contributed by atoms with Gasteiger partial charge in [0, 0.05) is 25.2 Å². The van der Waals surface area contributed by atoms with Gasteiger partial charge in [-0.2, -0.15) is 0 Å². The number of hydrogen-bond acceptors (Lipinski definition) is 4. The molecule has 0 aromatic heterocycles. The fourth-order valence-electron chi connectivity index (χ4n) is 1.80. The minimum atomic E-state index is -0.389. The van der Waals surface area contributed by atoms with Crippen molar-refractivity contribution >= 4 is 17.3 Å². The summed E-state index contributed by atoms with van der Waals surface area (Å²) in [5, 5.41) is 20.5. The Morgan fingerprint density at radius 3 is 2.73 bits per heavy atom. The Bertz CT molecular complexity index is 504. The van der Waals surface area contributed by atoms with Crippen LogP contribution in [-0.2, 0) is 0 Å². The molecule has 0 fully saturated rings. The Hall–Kier alpha value is -2.31. The molecule has 1 unspecified atom stereocenters. The smallest absolute Gasteiger partial charge is 0.292 e. The van der Waals surface area contributed by atoms with Crippen molar-refractivity contribution in [3.63, 3.8) is 0 Å². The van der Waals surface area contributed by atoms with Crippen molar-refractivity contribution in [1.29, 1.82) is 0 Å². The molecule has 0 amide bonds. The van der Waals surface area contributed by atoms with Gasteiger partial charge in [0.1, 0.15) is 5.69 Å². The van der Waals surface area contributed by atoms with E-state index in [1.807, 2.05) is 6.92 Å². The molecule has 1 aromatic carbocycles. The Kier molecular flexibility index (Phi) is 7.74. The Morgan fingerprint density at radius 2 is 2.09 bits per heavy atom. The predicted molar refractivity (Wildman–Crippen MR) is 90.5 cm³/mol. The third-order valence-electron chi connectivity index (χ3n) is 3.14. The topological polar surface area (TPSA) is 91.6 Å². The van der Waals surface area contributed by atoms with Crippen LogP contribution in [0.3, 0.4) is 0 Å². The molecule has 0 saturated heterocycles. The summed E-state index contributed by atoms with van der Waals surface area (Å²) in [5.74, 6) is 0.765. The van der Waals surface area contributed by atoms with Crippen molar-refractivity contribution in [1.82, 2.24) is 10.6 Å². The van der Waals surface area contributed by atoms with Gasteiger partial charge in [-0.15, -0.1) is 0 Å². The van der Waals surface area contributed by atoms with Gasteiger partial charge < -0.3 is 16.0 Å². The van der Waals surface area contributed by atoms with Gasteiger partial charge in [-0.1, -0.05) is 19.1 Å². The number of nitrogens with zero attached hydrogens (tertiary/aromatic N) is 2. The van der Waals surface area contributed by atoms with Crippen LogP contribution in [0.15, 0.2) is 29.3 Å². The van der Waals surface area contributed by atoms with Gasteiger partial charge in [0.05, 0.1) is 11.5 Å². The monoisotopic (exact) mass is 307 g/mol. The standard InChI is InChI=1S/C15H25N5O2/c1-4-12(3)19-15(16-5-2)18-11-10-17-13-8-6-7-9-14(13)20(21)22/h6-9,12,17H,4-5,10-11H2,1-3H3,(H2,16,18,19). The molecule has 0 radical (unpaired) electrons. The quantitative estimate of drug-likeness (QED) is 0.225. The number of nitro benzene ring substituents is 1. The number of benzene rings is 1. The van der Waals surface area contributed by atoms with E-state index < -0.39 is 0 Å². The van der Waals surface area contributed by atoms with Crippen molar-refractivity contribution in [2.24, 2.45) is 4.99 Å². The molecule has 0 bridgehead atoms. The fraction of sp³-hybridized carbons (Fsp3) is 0.533. The van der Waals surface area contributed by atoms with E-state index in [4.69, 9.17) is 0 Å². The highest BCUT2D eigenvalue weighted by atomic mass is 16.6. The predicted octanol–water partition coefficient (Wildman–Crippen LogP) is 2.36. The van der Waals surface area contributed by atoms with Crippen molar-refractivity contribution in [3.05, 3.63) is 34.4 Å². The van der Waals surface area contributed by atoms with Crippen molar-refractivity contribution < 1.29 is 4.92 Å². The third-order valence-corrected chi connectivity index (χ3v) is 3.14. The Labute approximate surface area is 131 Å². The van der Waals surface area contributed by atoms with Crippen molar-refractivity contribution in [2.45, 2.75) is 33.2 Å². The second kappa shape index (κ2) is 9.59. The number of guanidine groups is 1. The van der Waals surface area contributed by atoms with Gasteiger partial charge in [0.15, 0.2) is 5.96 Å². The zero-order chi connectivity index (χ0) is 16.4. The summed E-state index contributed by atoms with van der Waals surface area (Å²) >= 11 is 0. The Balaban J connectivity index is 2.54. The van der Waals surface area contributed by atoms with Crippen LogP contribution in [0.25, 0.3) is 0 Å². The van der Waals surface area contributed by atoms with Crippen LogP contribution in [0.5, 0.6) is 0 Å². The van der Waals surface area contributed by atoms with Gasteiger partial charge in [-0.3, -0.25) is 15.1 Å². The van der Waals surface area contributed by atoms with Gasteiger partial charge >= 0.3 is 0 Å². The minimum Gasteiger partial charge on any atom is -0.378 e. The van der Waals surface area contributed by atoms with Crippen LogP contribution in [0.1, 0.15) is 27.2 Å². The average Bonchev–Trinajstić information content (AvgIpc) is 2.51. The normalized spacial score (nSPS) is 12.6. The molecule has 7 heteroatoms. The van der Waals surface area contributed by atoms with Gasteiger partial charge in [0.2, 0.25) is 0 Å². The molecule has 0 aliphatic carbocycles. The number of nitro groups is 1. The molecule has 7 nitrogen and oxygen atoms in total. The van der Waals surface area contributed by atoms with E-state index in [1.54, 1.807) is 18.2 Å². The Morgan fingerprint density at radius 1 is 1.36 bits per heavy atom. The van der Waals surface area contributed by atoms with Gasteiger partial charge in [0.25, 0.3) is 5.69 Å². The average molecular weight is 307 g/mol. The van der Waals surface area contributed by atoms with Crippen molar-refractivity contribution in [2.75, 3.05) is 25.0 Å². The lowest BCUT2D eigenvalue weighted by Crippen LogP contribution is -2.42. The second-order valence-corrected chi connectivity index (χ2v) is 4.92. The lowest BCUT2D eigenvalue weighted by Gasteiger charge is -2.16. The number of nitrogens with one attached hydrogen (secondary N) is 3. The highest BCUT2D eigenvalue weighted by molar-refractivity contribution is 5.80. The molecule has 0 heterocycles. The van der Waals surface area contributed by atoms with E-state index in [9.17, 15) is 10.1 Å². The van der Waals surface area contributed by atoms with E-state index in [0.717, 1.165) is 18.9 Å². The first-order valence-electron chi connectivity index (χ1n) is 7.60. The lowest BCUT2D eigenvalue weighted by molar-refractivity contribution is -0.384. The molecular weight excluding hydrogens is 282 g/mol. The highest BCUT2D eigenvalue weighted by Crippen LogP contribution is 2.22. The lowest BCUT2D eigenvalue weighted by atomic mass is 10.2. The van der Waals surface area contributed by atoms with E-state index in [0.29, 0.717) is 24.8 Å². The first-order chi connectivity index (χ1) is 10.6. The van der Waals surface area contributed by atoms with Gasteiger partial charge in [-0.25, -0.2) is 0 Å². The molecule has 122 valence electrons. The maximum Gasteiger partial charge on any atom is 0.292 e. The number of aliphatic imine (C=N–C) groups is 1. The maximum atomic E-state index is 10.9. The zero-order valence-corrected chi connectivity index (χ0v) is 13.4. The van der Waals surface area contributed by atoms with Crippen LogP contribution < -0.4 is 16.0 Å². The molecule has 0 saturated carbocycles. The third kappa shape index (κ3) is 5.99. The largest absolute Gasteiger partial charge is 0.378 e. The molecule has 0 aliphatic heterocycles. The first-order valence-corrected chi connectivity index (χ1v) is 7.60. The summed E-state index contributed by atoms with van der Waals surface area (Å²) < 4.78 is 0. The SMILES string of the molecule is CCNC(=NCCNc1ccccc1[N+](=O)[O-])NC(C)CC. The summed E-state index contributed by atoms with van der Waals surface area (Å²) in [4.78, 5) is 15.0. The summed E-state index contributed by atoms with van der Waals surface area (Å²) in [6.07, 6.45) is 1.01. The number of rotatable bonds is 8. The van der Waals surface area contributed by atoms with E-state index in [-0.39, 0.29) is 10.6 Å². The van der Waals surface area contributed by atoms with Crippen LogP contribution in [-0.4, -0.2) is 36.6 Å². The van der Waals surface area contributed by atoms with E-state index in [1.165, 1.54) is 6.07 Å². The molecule has 1 aromatic rings. The fourth-order valence-corrected chi connectivity index (χ4v) is 1.80. The number of para-hydroxylation sites is 2. The van der Waals surface area contributed by atoms with E-state index >= 15 is 0 Å². The molecule has 22 heavy (non-hydrogen) atoms. The summed E-state index contributed by atoms with van der Waals surface area (Å²) in [7, 11) is 0. The number of hydrogen-bond donors (Lipinski definition) is 3. The van der Waals surface area contributed by atoms with Crippen LogP contribution >= 0.6 is 0 Å². The maximum absolute atomic E-state index is 10.9. The molecule has 0 aliphatic rings. The zero-order valence-electron chi connectivity index (χ0n) is 13.4. The molecule has 1 atom stereocenters. The van der Waals surface area contributed by atoms with Crippen LogP contribution in [0, 0.1) is 10.1 Å². The number of anilines is 1. The van der Waals surface area contributed by atoms with E-state index in [2.05, 4.69) is 34.8 Å². The molecular formula is C15H25N5O2. The highest BCUT2D eigenvalue weighted by Gasteiger charge is 2.11. The molecule has 1 rings (SSSR count). The summed E-state index contributed by atoms with van der Waals surface area (Å²) in [5.41, 5.74) is 0.596. The minimum absolute atomic E-state index is 0.0797. The summed E-state index contributed by atoms with van der Waals surface area (Å²) in [6.45, 7) is 8.06. The van der Waals surface area contributed by atoms with Crippen LogP contribution in [0.2, 0.25) is 0 Å².